The zero-order chi connectivity index (χ0) is 18.6. The molecule has 0 radical (unpaired) electrons. The van der Waals surface area contributed by atoms with Gasteiger partial charge in [0.1, 0.15) is 5.75 Å². The Bertz CT molecular complexity index is 985. The number of aryl methyl sites for hydroxylation is 2. The number of hydrogen-bond donors (Lipinski definition) is 2. The molecule has 0 aliphatic heterocycles. The molecule has 0 fully saturated rings. The van der Waals surface area contributed by atoms with Crippen LogP contribution in [0.4, 0.5) is 0 Å². The van der Waals surface area contributed by atoms with Crippen molar-refractivity contribution in [2.24, 2.45) is 4.99 Å². The molecule has 4 rings (SSSR count). The van der Waals surface area contributed by atoms with Crippen molar-refractivity contribution in [2.45, 2.75) is 25.8 Å². The van der Waals surface area contributed by atoms with E-state index in [9.17, 15) is 5.21 Å². The fraction of sp³-hybridized carbons (Fsp3) is 0.182. The van der Waals surface area contributed by atoms with E-state index in [2.05, 4.69) is 22.6 Å². The smallest absolute Gasteiger partial charge is 0.219 e. The van der Waals surface area contributed by atoms with Gasteiger partial charge >= 0.3 is 0 Å². The van der Waals surface area contributed by atoms with Crippen molar-refractivity contribution in [3.63, 3.8) is 0 Å². The fourth-order valence-corrected chi connectivity index (χ4v) is 3.40. The number of amidine groups is 1. The highest BCUT2D eigenvalue weighted by Gasteiger charge is 2.22. The van der Waals surface area contributed by atoms with Gasteiger partial charge in [-0.3, -0.25) is 15.7 Å². The van der Waals surface area contributed by atoms with Gasteiger partial charge in [0.15, 0.2) is 5.84 Å². The Morgan fingerprint density at radius 3 is 2.89 bits per heavy atom. The maximum atomic E-state index is 9.66. The van der Waals surface area contributed by atoms with Crippen molar-refractivity contribution in [1.29, 1.82) is 0 Å². The molecule has 0 saturated carbocycles. The summed E-state index contributed by atoms with van der Waals surface area (Å²) in [7, 11) is 0. The first kappa shape index (κ1) is 17.2. The minimum Gasteiger partial charge on any atom is -0.439 e. The van der Waals surface area contributed by atoms with E-state index in [1.54, 1.807) is 18.3 Å². The van der Waals surface area contributed by atoms with Crippen LogP contribution in [0.3, 0.4) is 0 Å². The average Bonchev–Trinajstić information content (AvgIpc) is 3.09. The summed E-state index contributed by atoms with van der Waals surface area (Å²) in [5.74, 6) is 1.58. The lowest BCUT2D eigenvalue weighted by molar-refractivity contribution is 0.234. The molecule has 5 heteroatoms. The molecule has 1 atom stereocenters. The lowest BCUT2D eigenvalue weighted by Crippen LogP contribution is -2.21. The summed E-state index contributed by atoms with van der Waals surface area (Å²) >= 11 is 0. The first-order valence-corrected chi connectivity index (χ1v) is 8.99. The molecule has 0 bridgehead atoms. The molecule has 2 aromatic carbocycles. The van der Waals surface area contributed by atoms with E-state index < -0.39 is 0 Å². The predicted molar refractivity (Wildman–Crippen MR) is 104 cm³/mol. The molecule has 27 heavy (non-hydrogen) atoms. The van der Waals surface area contributed by atoms with Crippen LogP contribution >= 0.6 is 0 Å². The van der Waals surface area contributed by atoms with Gasteiger partial charge < -0.3 is 4.74 Å². The van der Waals surface area contributed by atoms with E-state index in [1.807, 2.05) is 43.3 Å². The monoisotopic (exact) mass is 359 g/mol. The van der Waals surface area contributed by atoms with E-state index in [1.165, 1.54) is 11.1 Å². The van der Waals surface area contributed by atoms with Crippen molar-refractivity contribution in [2.75, 3.05) is 0 Å². The van der Waals surface area contributed by atoms with Crippen LogP contribution in [0.1, 0.15) is 34.7 Å². The van der Waals surface area contributed by atoms with Gasteiger partial charge in [0.05, 0.1) is 6.04 Å². The van der Waals surface area contributed by atoms with Crippen LogP contribution in [0.5, 0.6) is 11.6 Å². The third-order valence-electron chi connectivity index (χ3n) is 4.71. The molecule has 2 N–H and O–H groups in total. The van der Waals surface area contributed by atoms with Crippen molar-refractivity contribution in [3.05, 3.63) is 89.1 Å². The number of aromatic nitrogens is 1. The molecule has 0 amide bonds. The number of aliphatic imine (C=N–C) groups is 1. The minimum atomic E-state index is 0.0326. The van der Waals surface area contributed by atoms with Gasteiger partial charge in [-0.05, 0) is 54.7 Å². The van der Waals surface area contributed by atoms with Crippen molar-refractivity contribution < 1.29 is 9.94 Å². The van der Waals surface area contributed by atoms with E-state index in [4.69, 9.17) is 9.73 Å². The van der Waals surface area contributed by atoms with Gasteiger partial charge in [-0.15, -0.1) is 0 Å². The molecule has 1 heterocycles. The molecular formula is C22H21N3O2. The molecule has 0 saturated heterocycles. The summed E-state index contributed by atoms with van der Waals surface area (Å²) in [5, 5.41) is 9.66. The third kappa shape index (κ3) is 3.83. The normalized spacial score (nSPS) is 16.1. The quantitative estimate of drug-likeness (QED) is 0.406. The highest BCUT2D eigenvalue weighted by Crippen LogP contribution is 2.34. The Labute approximate surface area is 158 Å². The number of benzene rings is 2. The molecule has 0 spiro atoms. The largest absolute Gasteiger partial charge is 0.439 e. The number of fused-ring (bicyclic) bond motifs is 1. The highest BCUT2D eigenvalue weighted by molar-refractivity contribution is 5.98. The standard InChI is InChI=1S/C22H21N3O2/c1-15-5-4-7-18(13-15)27-21-14-17(11-12-23-21)22(25-26)24-20-10-9-16-6-2-3-8-19(16)20/h2-8,11-14,20,26H,9-10H2,1H3,(H,24,25). The number of hydroxylamine groups is 1. The summed E-state index contributed by atoms with van der Waals surface area (Å²) in [6, 6.07) is 19.7. The van der Waals surface area contributed by atoms with Gasteiger partial charge in [-0.25, -0.2) is 4.98 Å². The minimum absolute atomic E-state index is 0.0326. The second-order valence-electron chi connectivity index (χ2n) is 6.64. The Morgan fingerprint density at radius 2 is 2.04 bits per heavy atom. The van der Waals surface area contributed by atoms with Crippen LogP contribution in [0.15, 0.2) is 71.9 Å². The Morgan fingerprint density at radius 1 is 1.15 bits per heavy atom. The zero-order valence-corrected chi connectivity index (χ0v) is 15.1. The summed E-state index contributed by atoms with van der Waals surface area (Å²) in [4.78, 5) is 9.00. The molecular weight excluding hydrogens is 338 g/mol. The second kappa shape index (κ2) is 7.60. The predicted octanol–water partition coefficient (Wildman–Crippen LogP) is 4.60. The van der Waals surface area contributed by atoms with Gasteiger partial charge in [-0.2, -0.15) is 0 Å². The summed E-state index contributed by atoms with van der Waals surface area (Å²) in [6.07, 6.45) is 3.58. The van der Waals surface area contributed by atoms with E-state index >= 15 is 0 Å². The van der Waals surface area contributed by atoms with E-state index in [0.717, 1.165) is 29.7 Å². The first-order valence-electron chi connectivity index (χ1n) is 8.99. The maximum Gasteiger partial charge on any atom is 0.219 e. The SMILES string of the molecule is Cc1cccc(Oc2cc(C(=NC3CCc4ccccc43)NO)ccn2)c1. The van der Waals surface area contributed by atoms with Crippen molar-refractivity contribution in [3.8, 4) is 11.6 Å². The maximum absolute atomic E-state index is 9.66. The topological polar surface area (TPSA) is 66.7 Å². The lowest BCUT2D eigenvalue weighted by atomic mass is 10.1. The Hall–Kier alpha value is -3.18. The number of nitrogens with one attached hydrogen (secondary N) is 1. The zero-order valence-electron chi connectivity index (χ0n) is 15.1. The van der Waals surface area contributed by atoms with Gasteiger partial charge in [0.2, 0.25) is 5.88 Å². The highest BCUT2D eigenvalue weighted by atomic mass is 16.5. The molecule has 1 aliphatic carbocycles. The lowest BCUT2D eigenvalue weighted by Gasteiger charge is -2.12. The van der Waals surface area contributed by atoms with Crippen LogP contribution in [0.2, 0.25) is 0 Å². The average molecular weight is 359 g/mol. The van der Waals surface area contributed by atoms with Crippen LogP contribution in [0, 0.1) is 6.92 Å². The van der Waals surface area contributed by atoms with E-state index in [0.29, 0.717) is 11.7 Å². The molecule has 1 aromatic heterocycles. The van der Waals surface area contributed by atoms with Gasteiger partial charge in [-0.1, -0.05) is 36.4 Å². The van der Waals surface area contributed by atoms with Crippen LogP contribution in [0.25, 0.3) is 0 Å². The fourth-order valence-electron chi connectivity index (χ4n) is 3.40. The summed E-state index contributed by atoms with van der Waals surface area (Å²) in [5.41, 5.74) is 6.62. The molecule has 3 aromatic rings. The number of rotatable bonds is 4. The molecule has 1 unspecified atom stereocenters. The Kier molecular flexibility index (Phi) is 4.85. The van der Waals surface area contributed by atoms with Crippen molar-refractivity contribution in [1.82, 2.24) is 10.5 Å². The van der Waals surface area contributed by atoms with Crippen LogP contribution in [-0.2, 0) is 6.42 Å². The molecule has 136 valence electrons. The van der Waals surface area contributed by atoms with Crippen LogP contribution in [-0.4, -0.2) is 16.0 Å². The third-order valence-corrected chi connectivity index (χ3v) is 4.71. The summed E-state index contributed by atoms with van der Waals surface area (Å²) < 4.78 is 5.85. The Balaban J connectivity index is 1.60. The van der Waals surface area contributed by atoms with E-state index in [-0.39, 0.29) is 6.04 Å². The number of pyridine rings is 1. The van der Waals surface area contributed by atoms with Crippen molar-refractivity contribution >= 4 is 5.84 Å². The van der Waals surface area contributed by atoms with Gasteiger partial charge in [0, 0.05) is 17.8 Å². The van der Waals surface area contributed by atoms with Gasteiger partial charge in [0.25, 0.3) is 0 Å². The number of nitrogens with zero attached hydrogens (tertiary/aromatic N) is 2. The number of hydrogen-bond acceptors (Lipinski definition) is 4. The molecule has 5 nitrogen and oxygen atoms in total. The summed E-state index contributed by atoms with van der Waals surface area (Å²) in [6.45, 7) is 2.01. The van der Waals surface area contributed by atoms with Crippen LogP contribution < -0.4 is 10.2 Å². The molecule has 1 aliphatic rings. The second-order valence-corrected chi connectivity index (χ2v) is 6.64. The first-order chi connectivity index (χ1) is 13.2. The number of ether oxygens (including phenoxy) is 1.